The smallest absolute Gasteiger partial charge is 0.310 e. The van der Waals surface area contributed by atoms with E-state index in [0.717, 1.165) is 12.0 Å². The second-order valence-corrected chi connectivity index (χ2v) is 6.45. The van der Waals surface area contributed by atoms with Crippen molar-refractivity contribution < 1.29 is 9.90 Å². The number of benzene rings is 1. The third-order valence-corrected chi connectivity index (χ3v) is 3.80. The van der Waals surface area contributed by atoms with Gasteiger partial charge in [0.25, 0.3) is 5.56 Å². The number of carboxylic acids is 1. The summed E-state index contributed by atoms with van der Waals surface area (Å²) in [5, 5.41) is 8.85. The number of hydrogen-bond donors (Lipinski definition) is 4. The molecule has 3 rings (SSSR count). The summed E-state index contributed by atoms with van der Waals surface area (Å²) in [7, 11) is 0. The van der Waals surface area contributed by atoms with Crippen molar-refractivity contribution in [2.45, 2.75) is 33.1 Å². The van der Waals surface area contributed by atoms with Crippen molar-refractivity contribution in [3.63, 3.8) is 0 Å². The number of nitrogens with one attached hydrogen (secondary N) is 2. The number of imidazole rings is 1. The van der Waals surface area contributed by atoms with Gasteiger partial charge in [-0.05, 0) is 30.4 Å². The van der Waals surface area contributed by atoms with E-state index in [4.69, 9.17) is 10.8 Å². The molecule has 3 aromatic rings. The molecule has 0 radical (unpaired) electrons. The molecular weight excluding hydrogens is 334 g/mol. The van der Waals surface area contributed by atoms with Crippen LogP contribution in [0.25, 0.3) is 11.2 Å². The van der Waals surface area contributed by atoms with Crippen LogP contribution in [0.3, 0.4) is 0 Å². The van der Waals surface area contributed by atoms with Crippen LogP contribution in [-0.4, -0.2) is 31.0 Å². The summed E-state index contributed by atoms with van der Waals surface area (Å²) in [5.41, 5.74) is 7.77. The fourth-order valence-electron chi connectivity index (χ4n) is 2.42. The van der Waals surface area contributed by atoms with Gasteiger partial charge in [0.1, 0.15) is 0 Å². The topological polar surface area (TPSA) is 138 Å². The van der Waals surface area contributed by atoms with E-state index in [2.05, 4.69) is 33.8 Å². The van der Waals surface area contributed by atoms with Gasteiger partial charge >= 0.3 is 5.97 Å². The van der Waals surface area contributed by atoms with Crippen LogP contribution in [0.5, 0.6) is 0 Å². The van der Waals surface area contributed by atoms with E-state index in [0.29, 0.717) is 11.6 Å². The zero-order valence-electron chi connectivity index (χ0n) is 15.0. The number of H-pyrrole nitrogens is 2. The Morgan fingerprint density at radius 3 is 2.46 bits per heavy atom. The highest BCUT2D eigenvalue weighted by Gasteiger charge is 2.12. The molecule has 1 unspecified atom stereocenters. The minimum atomic E-state index is -0.772. The molecule has 0 spiro atoms. The second-order valence-electron chi connectivity index (χ2n) is 6.45. The maximum atomic E-state index is 11.0. The maximum absolute atomic E-state index is 11.0. The van der Waals surface area contributed by atoms with Crippen LogP contribution in [0.4, 0.5) is 5.95 Å². The van der Waals surface area contributed by atoms with Crippen molar-refractivity contribution in [1.29, 1.82) is 0 Å². The molecule has 0 saturated carbocycles. The zero-order valence-corrected chi connectivity index (χ0v) is 15.0. The largest absolute Gasteiger partial charge is 0.481 e. The predicted molar refractivity (Wildman–Crippen MR) is 100.0 cm³/mol. The van der Waals surface area contributed by atoms with Crippen LogP contribution in [-0.2, 0) is 11.2 Å². The van der Waals surface area contributed by atoms with E-state index in [1.165, 1.54) is 11.9 Å². The van der Waals surface area contributed by atoms with Gasteiger partial charge in [0.2, 0.25) is 5.95 Å². The monoisotopic (exact) mass is 357 g/mol. The van der Waals surface area contributed by atoms with Crippen LogP contribution in [0.15, 0.2) is 35.4 Å². The van der Waals surface area contributed by atoms with Crippen molar-refractivity contribution in [3.8, 4) is 0 Å². The van der Waals surface area contributed by atoms with E-state index in [1.54, 1.807) is 6.92 Å². The van der Waals surface area contributed by atoms with Crippen LogP contribution >= 0.6 is 0 Å². The number of aromatic amines is 2. The first kappa shape index (κ1) is 19.2. The Kier molecular flexibility index (Phi) is 6.11. The van der Waals surface area contributed by atoms with Crippen LogP contribution in [0.1, 0.15) is 37.8 Å². The summed E-state index contributed by atoms with van der Waals surface area (Å²) in [6.07, 6.45) is 2.44. The molecule has 0 saturated heterocycles. The molecule has 5 N–H and O–H groups in total. The lowest BCUT2D eigenvalue weighted by Crippen LogP contribution is -2.10. The highest BCUT2D eigenvalue weighted by molar-refractivity contribution is 5.75. The summed E-state index contributed by atoms with van der Waals surface area (Å²) >= 11 is 0. The first-order valence-electron chi connectivity index (χ1n) is 8.28. The first-order chi connectivity index (χ1) is 12.3. The Balaban J connectivity index is 0.000000195. The summed E-state index contributed by atoms with van der Waals surface area (Å²) < 4.78 is 0. The molecule has 1 aromatic carbocycles. The van der Waals surface area contributed by atoms with E-state index in [1.807, 2.05) is 24.3 Å². The van der Waals surface area contributed by atoms with E-state index < -0.39 is 11.9 Å². The number of nitrogens with two attached hydrogens (primary N) is 1. The summed E-state index contributed by atoms with van der Waals surface area (Å²) in [4.78, 5) is 34.3. The number of aliphatic carboxylic acids is 1. The number of anilines is 1. The van der Waals surface area contributed by atoms with Gasteiger partial charge in [-0.2, -0.15) is 4.98 Å². The number of nitrogens with zero attached hydrogens (tertiary/aromatic N) is 2. The average molecular weight is 357 g/mol. The molecule has 8 nitrogen and oxygen atoms in total. The SMILES string of the molecule is CC(C)Cc1ccc(C(C)C(=O)O)cc1.Nc1nc2[nH]cnc2c(=O)[nH]1. The molecule has 2 aromatic heterocycles. The van der Waals surface area contributed by atoms with Crippen LogP contribution in [0.2, 0.25) is 0 Å². The number of hydrogen-bond acceptors (Lipinski definition) is 5. The van der Waals surface area contributed by atoms with E-state index in [-0.39, 0.29) is 17.0 Å². The molecule has 0 aliphatic carbocycles. The molecular formula is C18H23N5O3. The third-order valence-electron chi connectivity index (χ3n) is 3.80. The third kappa shape index (κ3) is 4.92. The van der Waals surface area contributed by atoms with Crippen molar-refractivity contribution >= 4 is 23.1 Å². The molecule has 138 valence electrons. The molecule has 0 aliphatic rings. The lowest BCUT2D eigenvalue weighted by atomic mass is 9.97. The van der Waals surface area contributed by atoms with Crippen molar-refractivity contribution in [3.05, 3.63) is 52.1 Å². The number of rotatable bonds is 4. The lowest BCUT2D eigenvalue weighted by molar-refractivity contribution is -0.138. The number of carbonyl (C=O) groups is 1. The summed E-state index contributed by atoms with van der Waals surface area (Å²) in [5.74, 6) is -0.468. The molecule has 0 fully saturated rings. The molecule has 0 bridgehead atoms. The number of nitrogen functional groups attached to an aromatic ring is 1. The molecule has 2 heterocycles. The van der Waals surface area contributed by atoms with Crippen molar-refractivity contribution in [1.82, 2.24) is 19.9 Å². The Labute approximate surface area is 150 Å². The Morgan fingerprint density at radius 1 is 1.23 bits per heavy atom. The Hall–Kier alpha value is -3.16. The van der Waals surface area contributed by atoms with Gasteiger partial charge in [-0.3, -0.25) is 14.6 Å². The Bertz CT molecular complexity index is 928. The van der Waals surface area contributed by atoms with Crippen molar-refractivity contribution in [2.75, 3.05) is 5.73 Å². The quantitative estimate of drug-likeness (QED) is 0.565. The second kappa shape index (κ2) is 8.28. The number of carboxylic acid groups (broad SMARTS) is 1. The number of fused-ring (bicyclic) bond motifs is 1. The van der Waals surface area contributed by atoms with E-state index in [9.17, 15) is 9.59 Å². The summed E-state index contributed by atoms with van der Waals surface area (Å²) in [6, 6.07) is 7.87. The first-order valence-corrected chi connectivity index (χ1v) is 8.28. The maximum Gasteiger partial charge on any atom is 0.310 e. The highest BCUT2D eigenvalue weighted by Crippen LogP contribution is 2.17. The normalized spacial score (nSPS) is 11.8. The highest BCUT2D eigenvalue weighted by atomic mass is 16.4. The molecule has 1 atom stereocenters. The minimum Gasteiger partial charge on any atom is -0.481 e. The fraction of sp³-hybridized carbons (Fsp3) is 0.333. The van der Waals surface area contributed by atoms with Gasteiger partial charge in [0, 0.05) is 0 Å². The van der Waals surface area contributed by atoms with Gasteiger partial charge in [-0.1, -0.05) is 38.1 Å². The molecule has 26 heavy (non-hydrogen) atoms. The molecule has 8 heteroatoms. The van der Waals surface area contributed by atoms with Gasteiger partial charge in [0.15, 0.2) is 11.2 Å². The van der Waals surface area contributed by atoms with Crippen LogP contribution < -0.4 is 11.3 Å². The standard InChI is InChI=1S/C13H18O2.C5H5N5O/c1-9(2)8-11-4-6-12(7-5-11)10(3)13(14)15;6-5-9-3-2(4(11)10-5)7-1-8-3/h4-7,9-10H,8H2,1-3H3,(H,14,15);1H,(H4,6,7,8,9,10,11). The van der Waals surface area contributed by atoms with Gasteiger partial charge < -0.3 is 15.8 Å². The minimum absolute atomic E-state index is 0.0896. The fourth-order valence-corrected chi connectivity index (χ4v) is 2.42. The van der Waals surface area contributed by atoms with Gasteiger partial charge in [-0.25, -0.2) is 4.98 Å². The zero-order chi connectivity index (χ0) is 19.3. The van der Waals surface area contributed by atoms with Gasteiger partial charge in [-0.15, -0.1) is 0 Å². The van der Waals surface area contributed by atoms with Crippen LogP contribution in [0, 0.1) is 5.92 Å². The van der Waals surface area contributed by atoms with E-state index >= 15 is 0 Å². The van der Waals surface area contributed by atoms with Gasteiger partial charge in [0.05, 0.1) is 12.2 Å². The lowest BCUT2D eigenvalue weighted by Gasteiger charge is -2.09. The van der Waals surface area contributed by atoms with Crippen molar-refractivity contribution in [2.24, 2.45) is 5.92 Å². The molecule has 0 aliphatic heterocycles. The Morgan fingerprint density at radius 2 is 1.88 bits per heavy atom. The predicted octanol–water partition coefficient (Wildman–Crippen LogP) is 2.30. The summed E-state index contributed by atoms with van der Waals surface area (Å²) in [6.45, 7) is 6.06. The average Bonchev–Trinajstić information content (AvgIpc) is 3.03. The number of aromatic nitrogens is 4. The molecule has 0 amide bonds.